The third-order valence-electron chi connectivity index (χ3n) is 4.65. The van der Waals surface area contributed by atoms with Crippen LogP contribution in [0.25, 0.3) is 11.1 Å². The van der Waals surface area contributed by atoms with Crippen molar-refractivity contribution in [1.82, 2.24) is 0 Å². The van der Waals surface area contributed by atoms with Crippen LogP contribution in [-0.2, 0) is 17.3 Å². The van der Waals surface area contributed by atoms with E-state index in [4.69, 9.17) is 0 Å². The first kappa shape index (κ1) is 16.0. The second-order valence-electron chi connectivity index (χ2n) is 8.54. The summed E-state index contributed by atoms with van der Waals surface area (Å²) in [6.45, 7) is 13.8. The molecule has 22 heavy (non-hydrogen) atoms. The zero-order chi connectivity index (χ0) is 16.3. The van der Waals surface area contributed by atoms with E-state index in [2.05, 4.69) is 94.5 Å². The minimum atomic E-state index is 0.190. The van der Waals surface area contributed by atoms with Gasteiger partial charge in [-0.05, 0) is 85.4 Å². The van der Waals surface area contributed by atoms with Gasteiger partial charge in [0.1, 0.15) is 0 Å². The summed E-state index contributed by atoms with van der Waals surface area (Å²) in [5, 5.41) is 0. The minimum Gasteiger partial charge on any atom is -0.0582 e. The molecule has 116 valence electrons. The minimum absolute atomic E-state index is 0.190. The summed E-state index contributed by atoms with van der Waals surface area (Å²) in [7, 11) is 0. The van der Waals surface area contributed by atoms with Crippen LogP contribution in [0.2, 0.25) is 0 Å². The van der Waals surface area contributed by atoms with Gasteiger partial charge in [0.15, 0.2) is 0 Å². The van der Waals surface area contributed by atoms with Crippen LogP contribution in [0.5, 0.6) is 0 Å². The predicted octanol–water partition coefficient (Wildman–Crippen LogP) is 6.46. The standard InChI is InChI=1S/C21H25I/c1-20(2,3)15-8-7-13-9-14-10-19(22)18(21(4,5)6)12-17(14)16(13)11-15/h7-8,10-12H,9H2,1-6H3. The average Bonchev–Trinajstić information content (AvgIpc) is 2.71. The Kier molecular flexibility index (Phi) is 3.71. The van der Waals surface area contributed by atoms with Crippen molar-refractivity contribution in [2.24, 2.45) is 0 Å². The van der Waals surface area contributed by atoms with Crippen LogP contribution < -0.4 is 0 Å². The third-order valence-corrected chi connectivity index (χ3v) is 5.54. The first-order valence-electron chi connectivity index (χ1n) is 8.04. The Morgan fingerprint density at radius 2 is 1.41 bits per heavy atom. The Balaban J connectivity index is 2.19. The maximum absolute atomic E-state index is 2.50. The van der Waals surface area contributed by atoms with Gasteiger partial charge in [0.05, 0.1) is 0 Å². The smallest absolute Gasteiger partial charge is 0.0170 e. The number of rotatable bonds is 0. The van der Waals surface area contributed by atoms with E-state index in [1.165, 1.54) is 37.0 Å². The molecule has 0 nitrogen and oxygen atoms in total. The van der Waals surface area contributed by atoms with E-state index in [0.29, 0.717) is 0 Å². The van der Waals surface area contributed by atoms with Crippen LogP contribution in [0.1, 0.15) is 63.8 Å². The third kappa shape index (κ3) is 2.73. The first-order chi connectivity index (χ1) is 10.1. The number of fused-ring (bicyclic) bond motifs is 3. The lowest BCUT2D eigenvalue weighted by Gasteiger charge is -2.23. The Morgan fingerprint density at radius 1 is 0.773 bits per heavy atom. The zero-order valence-corrected chi connectivity index (χ0v) is 16.6. The molecule has 0 N–H and O–H groups in total. The van der Waals surface area contributed by atoms with Crippen LogP contribution in [0.4, 0.5) is 0 Å². The molecular weight excluding hydrogens is 379 g/mol. The maximum atomic E-state index is 2.50. The molecule has 1 heteroatoms. The quantitative estimate of drug-likeness (QED) is 0.378. The monoisotopic (exact) mass is 404 g/mol. The second kappa shape index (κ2) is 5.09. The summed E-state index contributed by atoms with van der Waals surface area (Å²) in [6, 6.07) is 11.9. The molecular formula is C21H25I. The van der Waals surface area contributed by atoms with Crippen molar-refractivity contribution in [3.63, 3.8) is 0 Å². The Bertz CT molecular complexity index is 740. The summed E-state index contributed by atoms with van der Waals surface area (Å²) in [4.78, 5) is 0. The van der Waals surface area contributed by atoms with E-state index in [-0.39, 0.29) is 10.8 Å². The van der Waals surface area contributed by atoms with E-state index in [1.54, 1.807) is 0 Å². The van der Waals surface area contributed by atoms with Gasteiger partial charge >= 0.3 is 0 Å². The molecule has 0 bridgehead atoms. The van der Waals surface area contributed by atoms with Gasteiger partial charge in [-0.1, -0.05) is 59.7 Å². The average molecular weight is 404 g/mol. The van der Waals surface area contributed by atoms with Gasteiger partial charge in [-0.3, -0.25) is 0 Å². The van der Waals surface area contributed by atoms with Crippen LogP contribution >= 0.6 is 22.6 Å². The molecule has 0 aliphatic heterocycles. The second-order valence-corrected chi connectivity index (χ2v) is 9.70. The number of benzene rings is 2. The lowest BCUT2D eigenvalue weighted by atomic mass is 9.83. The molecule has 2 aromatic rings. The van der Waals surface area contributed by atoms with E-state index >= 15 is 0 Å². The van der Waals surface area contributed by atoms with Crippen LogP contribution in [0.15, 0.2) is 30.3 Å². The molecule has 0 amide bonds. The highest BCUT2D eigenvalue weighted by atomic mass is 127. The summed E-state index contributed by atoms with van der Waals surface area (Å²) in [6.07, 6.45) is 1.08. The van der Waals surface area contributed by atoms with Crippen molar-refractivity contribution in [3.05, 3.63) is 56.2 Å². The van der Waals surface area contributed by atoms with Crippen molar-refractivity contribution in [1.29, 1.82) is 0 Å². The van der Waals surface area contributed by atoms with Gasteiger partial charge in [0.25, 0.3) is 0 Å². The SMILES string of the molecule is CC(C)(C)c1ccc2c(c1)-c1cc(C(C)(C)C)c(I)cc1C2. The highest BCUT2D eigenvalue weighted by Crippen LogP contribution is 2.42. The van der Waals surface area contributed by atoms with Gasteiger partial charge in [-0.15, -0.1) is 0 Å². The lowest BCUT2D eigenvalue weighted by Crippen LogP contribution is -2.13. The maximum Gasteiger partial charge on any atom is 0.0170 e. The van der Waals surface area contributed by atoms with E-state index in [1.807, 2.05) is 0 Å². The Labute approximate surface area is 148 Å². The molecule has 0 saturated heterocycles. The molecule has 0 aromatic heterocycles. The fourth-order valence-electron chi connectivity index (χ4n) is 3.24. The Morgan fingerprint density at radius 3 is 2.00 bits per heavy atom. The number of hydrogen-bond donors (Lipinski definition) is 0. The van der Waals surface area contributed by atoms with E-state index in [9.17, 15) is 0 Å². The van der Waals surface area contributed by atoms with Crippen LogP contribution in [0.3, 0.4) is 0 Å². The molecule has 3 rings (SSSR count). The van der Waals surface area contributed by atoms with E-state index < -0.39 is 0 Å². The summed E-state index contributed by atoms with van der Waals surface area (Å²) in [5.74, 6) is 0. The highest BCUT2D eigenvalue weighted by molar-refractivity contribution is 14.1. The highest BCUT2D eigenvalue weighted by Gasteiger charge is 2.25. The predicted molar refractivity (Wildman–Crippen MR) is 105 cm³/mol. The number of hydrogen-bond acceptors (Lipinski definition) is 0. The summed E-state index contributed by atoms with van der Waals surface area (Å²) >= 11 is 2.50. The van der Waals surface area contributed by atoms with Gasteiger partial charge in [-0.2, -0.15) is 0 Å². The molecule has 0 saturated carbocycles. The van der Waals surface area contributed by atoms with Crippen LogP contribution in [-0.4, -0.2) is 0 Å². The zero-order valence-electron chi connectivity index (χ0n) is 14.5. The van der Waals surface area contributed by atoms with Crippen molar-refractivity contribution >= 4 is 22.6 Å². The normalized spacial score (nSPS) is 14.0. The first-order valence-corrected chi connectivity index (χ1v) is 9.12. The van der Waals surface area contributed by atoms with Crippen LogP contribution in [0, 0.1) is 3.57 Å². The van der Waals surface area contributed by atoms with Crippen molar-refractivity contribution in [3.8, 4) is 11.1 Å². The fraction of sp³-hybridized carbons (Fsp3) is 0.429. The molecule has 0 heterocycles. The largest absolute Gasteiger partial charge is 0.0582 e. The lowest BCUT2D eigenvalue weighted by molar-refractivity contribution is 0.586. The Hall–Kier alpha value is -0.830. The van der Waals surface area contributed by atoms with Crippen molar-refractivity contribution in [2.45, 2.75) is 58.8 Å². The van der Waals surface area contributed by atoms with Crippen molar-refractivity contribution in [2.75, 3.05) is 0 Å². The molecule has 0 spiro atoms. The van der Waals surface area contributed by atoms with Gasteiger partial charge in [0, 0.05) is 3.57 Å². The van der Waals surface area contributed by atoms with E-state index in [0.717, 1.165) is 6.42 Å². The fourth-order valence-corrected chi connectivity index (χ4v) is 4.58. The topological polar surface area (TPSA) is 0 Å². The van der Waals surface area contributed by atoms with Gasteiger partial charge in [-0.25, -0.2) is 0 Å². The molecule has 0 fully saturated rings. The number of halogens is 1. The summed E-state index contributed by atoms with van der Waals surface area (Å²) < 4.78 is 1.40. The van der Waals surface area contributed by atoms with Gasteiger partial charge < -0.3 is 0 Å². The molecule has 1 aliphatic carbocycles. The molecule has 0 radical (unpaired) electrons. The molecule has 0 unspecified atom stereocenters. The molecule has 1 aliphatic rings. The summed E-state index contributed by atoms with van der Waals surface area (Å²) in [5.41, 5.74) is 9.14. The molecule has 2 aromatic carbocycles. The van der Waals surface area contributed by atoms with Gasteiger partial charge in [0.2, 0.25) is 0 Å². The van der Waals surface area contributed by atoms with Crippen molar-refractivity contribution < 1.29 is 0 Å². The molecule has 0 atom stereocenters.